The summed E-state index contributed by atoms with van der Waals surface area (Å²) in [6, 6.07) is 4.88. The van der Waals surface area contributed by atoms with Crippen molar-refractivity contribution in [2.75, 3.05) is 20.8 Å². The molecule has 0 aliphatic heterocycles. The molecule has 0 saturated carbocycles. The van der Waals surface area contributed by atoms with Crippen LogP contribution in [0.5, 0.6) is 0 Å². The maximum absolute atomic E-state index is 13.0. The van der Waals surface area contributed by atoms with Gasteiger partial charge in [-0.2, -0.15) is 0 Å². The van der Waals surface area contributed by atoms with E-state index in [9.17, 15) is 4.39 Å². The zero-order chi connectivity index (χ0) is 13.5. The summed E-state index contributed by atoms with van der Waals surface area (Å²) >= 11 is 6.04. The van der Waals surface area contributed by atoms with Crippen molar-refractivity contribution < 1.29 is 9.13 Å². The largest absolute Gasteiger partial charge is 0.384 e. The topological polar surface area (TPSA) is 21.3 Å². The highest BCUT2D eigenvalue weighted by molar-refractivity contribution is 6.31. The van der Waals surface area contributed by atoms with Crippen LogP contribution in [0.1, 0.15) is 18.9 Å². The zero-order valence-electron chi connectivity index (χ0n) is 11.2. The Morgan fingerprint density at radius 2 is 2.17 bits per heavy atom. The van der Waals surface area contributed by atoms with Crippen LogP contribution in [-0.2, 0) is 11.2 Å². The molecule has 0 fully saturated rings. The van der Waals surface area contributed by atoms with E-state index in [-0.39, 0.29) is 5.82 Å². The molecule has 2 unspecified atom stereocenters. The van der Waals surface area contributed by atoms with E-state index in [1.807, 2.05) is 7.05 Å². The van der Waals surface area contributed by atoms with Gasteiger partial charge >= 0.3 is 0 Å². The Labute approximate surface area is 113 Å². The maximum Gasteiger partial charge on any atom is 0.124 e. The Morgan fingerprint density at radius 3 is 2.72 bits per heavy atom. The Hall–Kier alpha value is -0.640. The summed E-state index contributed by atoms with van der Waals surface area (Å²) in [5, 5.41) is 3.77. The molecule has 0 bridgehead atoms. The summed E-state index contributed by atoms with van der Waals surface area (Å²) in [7, 11) is 3.64. The molecule has 1 N–H and O–H groups in total. The highest BCUT2D eigenvalue weighted by Gasteiger charge is 2.14. The van der Waals surface area contributed by atoms with Gasteiger partial charge in [-0.05, 0) is 43.5 Å². The van der Waals surface area contributed by atoms with Gasteiger partial charge in [0.05, 0.1) is 0 Å². The fraction of sp³-hybridized carbons (Fsp3) is 0.571. The summed E-state index contributed by atoms with van der Waals surface area (Å²) < 4.78 is 18.1. The van der Waals surface area contributed by atoms with E-state index in [4.69, 9.17) is 16.3 Å². The summed E-state index contributed by atoms with van der Waals surface area (Å²) in [6.07, 6.45) is 1.79. The molecule has 1 aromatic carbocycles. The molecule has 0 radical (unpaired) electrons. The third kappa shape index (κ3) is 4.92. The van der Waals surface area contributed by atoms with Crippen LogP contribution in [0.4, 0.5) is 4.39 Å². The van der Waals surface area contributed by atoms with E-state index >= 15 is 0 Å². The van der Waals surface area contributed by atoms with Crippen molar-refractivity contribution in [1.82, 2.24) is 5.32 Å². The van der Waals surface area contributed by atoms with E-state index in [0.717, 1.165) is 25.0 Å². The number of halogens is 2. The van der Waals surface area contributed by atoms with Crippen LogP contribution in [-0.4, -0.2) is 26.8 Å². The first-order valence-corrected chi connectivity index (χ1v) is 6.54. The van der Waals surface area contributed by atoms with Crippen LogP contribution in [0.2, 0.25) is 5.02 Å². The van der Waals surface area contributed by atoms with E-state index < -0.39 is 0 Å². The Balaban J connectivity index is 2.62. The molecule has 1 rings (SSSR count). The standard InChI is InChI=1S/C14H21ClFNO/c1-10(9-18-3)6-13(17-2)7-11-4-5-12(16)8-14(11)15/h4-5,8,10,13,17H,6-7,9H2,1-3H3. The number of methoxy groups -OCH3 is 1. The predicted octanol–water partition coefficient (Wildman–Crippen LogP) is 3.28. The second-order valence-electron chi connectivity index (χ2n) is 4.72. The molecule has 0 aliphatic carbocycles. The van der Waals surface area contributed by atoms with Gasteiger partial charge in [-0.3, -0.25) is 0 Å². The molecule has 0 aliphatic rings. The second-order valence-corrected chi connectivity index (χ2v) is 5.13. The molecule has 0 amide bonds. The van der Waals surface area contributed by atoms with Gasteiger partial charge in [-0.1, -0.05) is 24.6 Å². The molecule has 1 aromatic rings. The van der Waals surface area contributed by atoms with Crippen LogP contribution in [0.15, 0.2) is 18.2 Å². The van der Waals surface area contributed by atoms with E-state index in [0.29, 0.717) is 17.0 Å². The van der Waals surface area contributed by atoms with Crippen LogP contribution in [0.25, 0.3) is 0 Å². The first kappa shape index (κ1) is 15.4. The number of hydrogen-bond acceptors (Lipinski definition) is 2. The lowest BCUT2D eigenvalue weighted by Crippen LogP contribution is -2.30. The highest BCUT2D eigenvalue weighted by atomic mass is 35.5. The number of nitrogens with one attached hydrogen (secondary N) is 1. The molecule has 0 saturated heterocycles. The van der Waals surface area contributed by atoms with E-state index in [1.54, 1.807) is 13.2 Å². The van der Waals surface area contributed by atoms with Crippen LogP contribution in [0, 0.1) is 11.7 Å². The van der Waals surface area contributed by atoms with E-state index in [1.165, 1.54) is 12.1 Å². The molecule has 102 valence electrons. The first-order chi connectivity index (χ1) is 8.56. The van der Waals surface area contributed by atoms with Crippen LogP contribution in [0.3, 0.4) is 0 Å². The minimum absolute atomic E-state index is 0.294. The van der Waals surface area contributed by atoms with Crippen molar-refractivity contribution in [2.24, 2.45) is 5.92 Å². The van der Waals surface area contributed by atoms with Crippen molar-refractivity contribution in [2.45, 2.75) is 25.8 Å². The van der Waals surface area contributed by atoms with E-state index in [2.05, 4.69) is 12.2 Å². The smallest absolute Gasteiger partial charge is 0.124 e. The Kier molecular flexibility index (Phi) is 6.61. The lowest BCUT2D eigenvalue weighted by Gasteiger charge is -2.20. The summed E-state index contributed by atoms with van der Waals surface area (Å²) in [4.78, 5) is 0. The van der Waals surface area contributed by atoms with Gasteiger partial charge in [-0.25, -0.2) is 4.39 Å². The van der Waals surface area contributed by atoms with Gasteiger partial charge in [0.2, 0.25) is 0 Å². The van der Waals surface area contributed by atoms with Gasteiger partial charge < -0.3 is 10.1 Å². The fourth-order valence-corrected chi connectivity index (χ4v) is 2.34. The van der Waals surface area contributed by atoms with Crippen LogP contribution >= 0.6 is 11.6 Å². The predicted molar refractivity (Wildman–Crippen MR) is 73.6 cm³/mol. The SMILES string of the molecule is CNC(Cc1ccc(F)cc1Cl)CC(C)COC. The number of hydrogen-bond donors (Lipinski definition) is 1. The summed E-state index contributed by atoms with van der Waals surface area (Å²) in [6.45, 7) is 2.90. The van der Waals surface area contributed by atoms with Gasteiger partial charge in [-0.15, -0.1) is 0 Å². The van der Waals surface area contributed by atoms with Crippen molar-refractivity contribution in [3.05, 3.63) is 34.6 Å². The lowest BCUT2D eigenvalue weighted by atomic mass is 9.96. The van der Waals surface area contributed by atoms with Gasteiger partial charge in [0.15, 0.2) is 0 Å². The molecule has 18 heavy (non-hydrogen) atoms. The van der Waals surface area contributed by atoms with Crippen molar-refractivity contribution >= 4 is 11.6 Å². The zero-order valence-corrected chi connectivity index (χ0v) is 11.9. The highest BCUT2D eigenvalue weighted by Crippen LogP contribution is 2.20. The molecule has 2 nitrogen and oxygen atoms in total. The summed E-state index contributed by atoms with van der Waals surface area (Å²) in [5.74, 6) is 0.184. The fourth-order valence-electron chi connectivity index (χ4n) is 2.09. The van der Waals surface area contributed by atoms with Crippen molar-refractivity contribution in [1.29, 1.82) is 0 Å². The molecular weight excluding hydrogens is 253 g/mol. The van der Waals surface area contributed by atoms with Gasteiger partial charge in [0, 0.05) is 24.8 Å². The van der Waals surface area contributed by atoms with Crippen LogP contribution < -0.4 is 5.32 Å². The number of ether oxygens (including phenoxy) is 1. The van der Waals surface area contributed by atoms with Crippen molar-refractivity contribution in [3.63, 3.8) is 0 Å². The minimum atomic E-state index is -0.294. The minimum Gasteiger partial charge on any atom is -0.384 e. The molecular formula is C14H21ClFNO. The average Bonchev–Trinajstić information content (AvgIpc) is 2.31. The van der Waals surface area contributed by atoms with Gasteiger partial charge in [0.25, 0.3) is 0 Å². The molecule has 0 heterocycles. The van der Waals surface area contributed by atoms with Crippen molar-refractivity contribution in [3.8, 4) is 0 Å². The third-order valence-electron chi connectivity index (χ3n) is 3.03. The number of likely N-dealkylation sites (N-methyl/N-ethyl adjacent to an activating group) is 1. The Morgan fingerprint density at radius 1 is 1.44 bits per heavy atom. The number of rotatable bonds is 7. The molecule has 2 atom stereocenters. The van der Waals surface area contributed by atoms with Gasteiger partial charge in [0.1, 0.15) is 5.82 Å². The first-order valence-electron chi connectivity index (χ1n) is 6.17. The monoisotopic (exact) mass is 273 g/mol. The normalized spacial score (nSPS) is 14.5. The molecule has 0 aromatic heterocycles. The number of benzene rings is 1. The average molecular weight is 274 g/mol. The Bertz CT molecular complexity index is 373. The third-order valence-corrected chi connectivity index (χ3v) is 3.38. The quantitative estimate of drug-likeness (QED) is 0.823. The summed E-state index contributed by atoms with van der Waals surface area (Å²) in [5.41, 5.74) is 0.974. The molecule has 4 heteroatoms. The maximum atomic E-state index is 13.0. The molecule has 0 spiro atoms. The lowest BCUT2D eigenvalue weighted by molar-refractivity contribution is 0.150. The second kappa shape index (κ2) is 7.72.